The lowest BCUT2D eigenvalue weighted by Crippen LogP contribution is -2.07. The summed E-state index contributed by atoms with van der Waals surface area (Å²) in [4.78, 5) is 0. The number of nitrogens with two attached hydrogens (primary N) is 1. The van der Waals surface area contributed by atoms with Gasteiger partial charge in [0.05, 0.1) is 11.9 Å². The molecule has 0 amide bonds. The Morgan fingerprint density at radius 2 is 2.00 bits per heavy atom. The van der Waals surface area contributed by atoms with Gasteiger partial charge in [0.15, 0.2) is 0 Å². The van der Waals surface area contributed by atoms with E-state index in [-0.39, 0.29) is 0 Å². The summed E-state index contributed by atoms with van der Waals surface area (Å²) in [6, 6.07) is 10.4. The van der Waals surface area contributed by atoms with Gasteiger partial charge in [-0.1, -0.05) is 30.3 Å². The van der Waals surface area contributed by atoms with E-state index in [0.29, 0.717) is 6.54 Å². The first-order valence-electron chi connectivity index (χ1n) is 5.05. The van der Waals surface area contributed by atoms with Crippen molar-refractivity contribution in [1.29, 1.82) is 0 Å². The molecule has 0 aliphatic carbocycles. The topological polar surface area (TPSA) is 43.8 Å². The summed E-state index contributed by atoms with van der Waals surface area (Å²) in [5.74, 6) is 0. The van der Waals surface area contributed by atoms with Crippen LogP contribution in [0.1, 0.15) is 16.8 Å². The smallest absolute Gasteiger partial charge is 0.0551 e. The van der Waals surface area contributed by atoms with E-state index in [1.807, 2.05) is 36.1 Å². The maximum absolute atomic E-state index is 5.69. The lowest BCUT2D eigenvalue weighted by Gasteiger charge is -2.03. The summed E-state index contributed by atoms with van der Waals surface area (Å²) in [5, 5.41) is 4.22. The Morgan fingerprint density at radius 3 is 2.67 bits per heavy atom. The highest BCUT2D eigenvalue weighted by atomic mass is 15.3. The maximum Gasteiger partial charge on any atom is 0.0551 e. The van der Waals surface area contributed by atoms with Gasteiger partial charge in [-0.15, -0.1) is 0 Å². The van der Waals surface area contributed by atoms with Crippen LogP contribution in [0.25, 0.3) is 0 Å². The molecule has 0 radical (unpaired) electrons. The zero-order valence-corrected chi connectivity index (χ0v) is 8.85. The van der Waals surface area contributed by atoms with Crippen molar-refractivity contribution >= 4 is 0 Å². The van der Waals surface area contributed by atoms with Crippen LogP contribution in [0.2, 0.25) is 0 Å². The first-order valence-corrected chi connectivity index (χ1v) is 5.05. The van der Waals surface area contributed by atoms with Crippen LogP contribution in [0.4, 0.5) is 0 Å². The fraction of sp³-hybridized carbons (Fsp3) is 0.250. The van der Waals surface area contributed by atoms with Gasteiger partial charge < -0.3 is 5.73 Å². The van der Waals surface area contributed by atoms with E-state index in [2.05, 4.69) is 17.2 Å². The lowest BCUT2D eigenvalue weighted by atomic mass is 10.1. The number of hydrogen-bond donors (Lipinski definition) is 1. The molecule has 3 nitrogen and oxygen atoms in total. The highest BCUT2D eigenvalue weighted by molar-refractivity contribution is 5.27. The Morgan fingerprint density at radius 1 is 1.27 bits per heavy atom. The van der Waals surface area contributed by atoms with E-state index in [0.717, 1.165) is 12.1 Å². The fourth-order valence-electron chi connectivity index (χ4n) is 1.73. The standard InChI is InChI=1S/C12H15N3/c1-15-12(8-13)11(9-14-15)7-10-5-3-2-4-6-10/h2-6,9H,7-8,13H2,1H3. The zero-order chi connectivity index (χ0) is 10.7. The van der Waals surface area contributed by atoms with Crippen LogP contribution in [-0.4, -0.2) is 9.78 Å². The summed E-state index contributed by atoms with van der Waals surface area (Å²) >= 11 is 0. The molecule has 0 unspecified atom stereocenters. The van der Waals surface area contributed by atoms with E-state index in [9.17, 15) is 0 Å². The van der Waals surface area contributed by atoms with Crippen LogP contribution < -0.4 is 5.73 Å². The highest BCUT2D eigenvalue weighted by Crippen LogP contribution is 2.12. The third-order valence-corrected chi connectivity index (χ3v) is 2.58. The second-order valence-electron chi connectivity index (χ2n) is 3.61. The van der Waals surface area contributed by atoms with Crippen molar-refractivity contribution < 1.29 is 0 Å². The van der Waals surface area contributed by atoms with Gasteiger partial charge in [-0.2, -0.15) is 5.10 Å². The lowest BCUT2D eigenvalue weighted by molar-refractivity contribution is 0.709. The van der Waals surface area contributed by atoms with Gasteiger partial charge in [0.25, 0.3) is 0 Å². The fourth-order valence-corrected chi connectivity index (χ4v) is 1.73. The van der Waals surface area contributed by atoms with E-state index in [1.165, 1.54) is 11.1 Å². The number of rotatable bonds is 3. The Balaban J connectivity index is 2.25. The minimum absolute atomic E-state index is 0.540. The third kappa shape index (κ3) is 2.07. The zero-order valence-electron chi connectivity index (χ0n) is 8.85. The molecule has 0 bridgehead atoms. The number of aryl methyl sites for hydroxylation is 1. The van der Waals surface area contributed by atoms with Crippen LogP contribution in [-0.2, 0) is 20.0 Å². The number of nitrogens with zero attached hydrogens (tertiary/aromatic N) is 2. The Hall–Kier alpha value is -1.61. The second kappa shape index (κ2) is 4.28. The van der Waals surface area contributed by atoms with Gasteiger partial charge in [-0.3, -0.25) is 4.68 Å². The van der Waals surface area contributed by atoms with Gasteiger partial charge in [0.2, 0.25) is 0 Å². The average molecular weight is 201 g/mol. The average Bonchev–Trinajstić information content (AvgIpc) is 2.61. The molecule has 0 aliphatic heterocycles. The maximum atomic E-state index is 5.69. The van der Waals surface area contributed by atoms with Crippen LogP contribution >= 0.6 is 0 Å². The van der Waals surface area contributed by atoms with Crippen molar-refractivity contribution in [1.82, 2.24) is 9.78 Å². The molecule has 1 aromatic carbocycles. The van der Waals surface area contributed by atoms with Crippen LogP contribution in [0.3, 0.4) is 0 Å². The van der Waals surface area contributed by atoms with Crippen molar-refractivity contribution in [3.8, 4) is 0 Å². The van der Waals surface area contributed by atoms with E-state index >= 15 is 0 Å². The molecule has 0 saturated heterocycles. The number of benzene rings is 1. The van der Waals surface area contributed by atoms with Crippen molar-refractivity contribution in [3.63, 3.8) is 0 Å². The predicted octanol–water partition coefficient (Wildman–Crippen LogP) is 1.47. The molecule has 2 N–H and O–H groups in total. The van der Waals surface area contributed by atoms with Gasteiger partial charge >= 0.3 is 0 Å². The van der Waals surface area contributed by atoms with Crippen molar-refractivity contribution in [2.24, 2.45) is 12.8 Å². The molecular weight excluding hydrogens is 186 g/mol. The Kier molecular flexibility index (Phi) is 2.83. The molecule has 0 spiro atoms. The van der Waals surface area contributed by atoms with E-state index in [4.69, 9.17) is 5.73 Å². The van der Waals surface area contributed by atoms with Gasteiger partial charge in [-0.05, 0) is 11.1 Å². The minimum atomic E-state index is 0.540. The molecule has 78 valence electrons. The molecule has 2 rings (SSSR count). The summed E-state index contributed by atoms with van der Waals surface area (Å²) in [7, 11) is 1.93. The van der Waals surface area contributed by atoms with E-state index in [1.54, 1.807) is 0 Å². The van der Waals surface area contributed by atoms with E-state index < -0.39 is 0 Å². The summed E-state index contributed by atoms with van der Waals surface area (Å²) < 4.78 is 1.85. The predicted molar refractivity (Wildman–Crippen MR) is 60.3 cm³/mol. The molecule has 0 fully saturated rings. The first kappa shape index (κ1) is 9.93. The monoisotopic (exact) mass is 201 g/mol. The quantitative estimate of drug-likeness (QED) is 0.817. The normalized spacial score (nSPS) is 10.5. The van der Waals surface area contributed by atoms with Crippen LogP contribution in [0.5, 0.6) is 0 Å². The molecular formula is C12H15N3. The van der Waals surface area contributed by atoms with Crippen molar-refractivity contribution in [2.45, 2.75) is 13.0 Å². The number of hydrogen-bond acceptors (Lipinski definition) is 2. The molecule has 1 aromatic heterocycles. The molecule has 0 saturated carbocycles. The minimum Gasteiger partial charge on any atom is -0.325 e. The summed E-state index contributed by atoms with van der Waals surface area (Å²) in [6.07, 6.45) is 2.80. The Labute approximate surface area is 89.5 Å². The summed E-state index contributed by atoms with van der Waals surface area (Å²) in [5.41, 5.74) is 9.30. The van der Waals surface area contributed by atoms with Crippen molar-refractivity contribution in [2.75, 3.05) is 0 Å². The highest BCUT2D eigenvalue weighted by Gasteiger charge is 2.06. The van der Waals surface area contributed by atoms with Crippen molar-refractivity contribution in [3.05, 3.63) is 53.3 Å². The van der Waals surface area contributed by atoms with Crippen LogP contribution in [0, 0.1) is 0 Å². The van der Waals surface area contributed by atoms with Crippen LogP contribution in [0.15, 0.2) is 36.5 Å². The molecule has 3 heteroatoms. The van der Waals surface area contributed by atoms with Gasteiger partial charge in [-0.25, -0.2) is 0 Å². The molecule has 0 aliphatic rings. The second-order valence-corrected chi connectivity index (χ2v) is 3.61. The Bertz CT molecular complexity index is 431. The first-order chi connectivity index (χ1) is 7.31. The van der Waals surface area contributed by atoms with Gasteiger partial charge in [0.1, 0.15) is 0 Å². The molecule has 2 aromatic rings. The van der Waals surface area contributed by atoms with Gasteiger partial charge in [0, 0.05) is 20.0 Å². The largest absolute Gasteiger partial charge is 0.325 e. The molecule has 15 heavy (non-hydrogen) atoms. The third-order valence-electron chi connectivity index (χ3n) is 2.58. The summed E-state index contributed by atoms with van der Waals surface area (Å²) in [6.45, 7) is 0.540. The SMILES string of the molecule is Cn1ncc(Cc2ccccc2)c1CN. The number of aromatic nitrogens is 2. The molecule has 0 atom stereocenters. The molecule has 1 heterocycles.